The Hall–Kier alpha value is -1.81. The van der Waals surface area contributed by atoms with Gasteiger partial charge in [0, 0.05) is 6.42 Å². The molecule has 0 atom stereocenters. The van der Waals surface area contributed by atoms with Gasteiger partial charge in [0.15, 0.2) is 0 Å². The fourth-order valence-corrected chi connectivity index (χ4v) is 3.01. The first-order chi connectivity index (χ1) is 10.5. The Kier molecular flexibility index (Phi) is 5.24. The van der Waals surface area contributed by atoms with Crippen LogP contribution in [0.3, 0.4) is 0 Å². The second kappa shape index (κ2) is 6.97. The normalized spacial score (nSPS) is 12.0. The van der Waals surface area contributed by atoms with E-state index in [1.54, 1.807) is 60.7 Å². The van der Waals surface area contributed by atoms with Gasteiger partial charge in [-0.1, -0.05) is 43.3 Å². The van der Waals surface area contributed by atoms with Crippen LogP contribution in [0.5, 0.6) is 11.5 Å². The maximum atomic E-state index is 12.1. The highest BCUT2D eigenvalue weighted by Gasteiger charge is 2.52. The summed E-state index contributed by atoms with van der Waals surface area (Å²) in [6.45, 7) is 1.81. The molecule has 0 saturated carbocycles. The van der Waals surface area contributed by atoms with E-state index in [1.165, 1.54) is 0 Å². The molecule has 0 heterocycles. The quantitative estimate of drug-likeness (QED) is 0.599. The summed E-state index contributed by atoms with van der Waals surface area (Å²) in [4.78, 5) is 19.7. The maximum Gasteiger partial charge on any atom is 0.409 e. The number of benzene rings is 2. The Balaban J connectivity index is 2.40. The minimum absolute atomic E-state index is 0.0566. The van der Waals surface area contributed by atoms with Gasteiger partial charge in [-0.15, -0.1) is 0 Å². The van der Waals surface area contributed by atoms with Crippen LogP contribution >= 0.6 is 7.60 Å². The van der Waals surface area contributed by atoms with Crippen molar-refractivity contribution in [2.24, 2.45) is 0 Å². The van der Waals surface area contributed by atoms with Gasteiger partial charge < -0.3 is 19.3 Å². The van der Waals surface area contributed by atoms with E-state index in [9.17, 15) is 14.4 Å². The molecule has 2 aromatic rings. The standard InChI is InChI=1S/C16H19O5P/c1-2-13-16(22(17,18)19,20-14-9-5-3-6-10-14)21-15-11-7-4-8-12-15/h3-12H,2,13H2,1H3,(H2,17,18,19). The third kappa shape index (κ3) is 3.89. The van der Waals surface area contributed by atoms with E-state index in [4.69, 9.17) is 9.47 Å². The first-order valence-electron chi connectivity index (χ1n) is 7.00. The lowest BCUT2D eigenvalue weighted by molar-refractivity contribution is -0.0651. The van der Waals surface area contributed by atoms with Gasteiger partial charge in [0.25, 0.3) is 0 Å². The summed E-state index contributed by atoms with van der Waals surface area (Å²) in [5.41, 5.74) is -2.04. The molecule has 0 bridgehead atoms. The van der Waals surface area contributed by atoms with Gasteiger partial charge in [0.1, 0.15) is 11.5 Å². The lowest BCUT2D eigenvalue weighted by Gasteiger charge is -2.34. The van der Waals surface area contributed by atoms with Gasteiger partial charge in [-0.3, -0.25) is 4.57 Å². The van der Waals surface area contributed by atoms with Crippen molar-refractivity contribution >= 4 is 7.60 Å². The fraction of sp³-hybridized carbons (Fsp3) is 0.250. The average molecular weight is 322 g/mol. The van der Waals surface area contributed by atoms with E-state index in [0.29, 0.717) is 17.9 Å². The average Bonchev–Trinajstić information content (AvgIpc) is 2.48. The minimum atomic E-state index is -4.70. The van der Waals surface area contributed by atoms with Crippen molar-refractivity contribution < 1.29 is 23.8 Å². The SMILES string of the molecule is CCCC(Oc1ccccc1)(Oc1ccccc1)P(=O)(O)O. The number of hydrogen-bond donors (Lipinski definition) is 2. The van der Waals surface area contributed by atoms with Gasteiger partial charge in [0.05, 0.1) is 0 Å². The van der Waals surface area contributed by atoms with Crippen molar-refractivity contribution in [3.63, 3.8) is 0 Å². The number of ether oxygens (including phenoxy) is 2. The van der Waals surface area contributed by atoms with Crippen LogP contribution in [0.15, 0.2) is 60.7 Å². The van der Waals surface area contributed by atoms with Gasteiger partial charge in [0.2, 0.25) is 0 Å². The predicted molar refractivity (Wildman–Crippen MR) is 83.8 cm³/mol. The molecule has 2 N–H and O–H groups in total. The summed E-state index contributed by atoms with van der Waals surface area (Å²) in [5, 5.41) is 0. The van der Waals surface area contributed by atoms with Crippen molar-refractivity contribution in [3.05, 3.63) is 60.7 Å². The number of hydrogen-bond acceptors (Lipinski definition) is 3. The van der Waals surface area contributed by atoms with Crippen molar-refractivity contribution in [2.45, 2.75) is 25.3 Å². The van der Waals surface area contributed by atoms with Crippen LogP contribution in [0, 0.1) is 0 Å². The Morgan fingerprint density at radius 2 is 1.32 bits per heavy atom. The van der Waals surface area contributed by atoms with E-state index in [-0.39, 0.29) is 6.42 Å². The molecule has 118 valence electrons. The molecule has 5 nitrogen and oxygen atoms in total. The Morgan fingerprint density at radius 3 is 1.64 bits per heavy atom. The Labute approximate surface area is 129 Å². The third-order valence-corrected chi connectivity index (χ3v) is 4.34. The van der Waals surface area contributed by atoms with Gasteiger partial charge in [-0.05, 0) is 30.7 Å². The van der Waals surface area contributed by atoms with E-state index in [1.807, 2.05) is 6.92 Å². The molecule has 0 radical (unpaired) electrons. The fourth-order valence-electron chi connectivity index (χ4n) is 2.05. The largest absolute Gasteiger partial charge is 0.442 e. The van der Waals surface area contributed by atoms with Crippen molar-refractivity contribution in [1.29, 1.82) is 0 Å². The molecule has 22 heavy (non-hydrogen) atoms. The van der Waals surface area contributed by atoms with Gasteiger partial charge in [-0.2, -0.15) is 0 Å². The zero-order chi connectivity index (χ0) is 16.1. The molecule has 0 unspecified atom stereocenters. The van der Waals surface area contributed by atoms with Crippen LogP contribution in [0.25, 0.3) is 0 Å². The van der Waals surface area contributed by atoms with Gasteiger partial charge in [-0.25, -0.2) is 0 Å². The van der Waals surface area contributed by atoms with E-state index >= 15 is 0 Å². The highest BCUT2D eigenvalue weighted by atomic mass is 31.2. The molecule has 0 spiro atoms. The summed E-state index contributed by atoms with van der Waals surface area (Å²) < 4.78 is 23.3. The number of para-hydroxylation sites is 2. The van der Waals surface area contributed by atoms with Crippen molar-refractivity contribution in [2.75, 3.05) is 0 Å². The molecule has 2 aromatic carbocycles. The Bertz CT molecular complexity index is 582. The Morgan fingerprint density at radius 1 is 0.909 bits per heavy atom. The first kappa shape index (κ1) is 16.6. The molecule has 2 rings (SSSR count). The van der Waals surface area contributed by atoms with Crippen LogP contribution in [0.1, 0.15) is 19.8 Å². The molecule has 0 amide bonds. The summed E-state index contributed by atoms with van der Waals surface area (Å²) in [6.07, 6.45) is 0.547. The summed E-state index contributed by atoms with van der Waals surface area (Å²) >= 11 is 0. The summed E-state index contributed by atoms with van der Waals surface area (Å²) in [5.74, 6) is 0.686. The first-order valence-corrected chi connectivity index (χ1v) is 8.62. The monoisotopic (exact) mass is 322 g/mol. The second-order valence-electron chi connectivity index (χ2n) is 4.84. The topological polar surface area (TPSA) is 76.0 Å². The van der Waals surface area contributed by atoms with Gasteiger partial charge >= 0.3 is 13.1 Å². The zero-order valence-electron chi connectivity index (χ0n) is 12.3. The summed E-state index contributed by atoms with van der Waals surface area (Å²) in [7, 11) is -4.70. The smallest absolute Gasteiger partial charge is 0.409 e. The molecule has 0 aromatic heterocycles. The molecule has 0 aliphatic carbocycles. The van der Waals surface area contributed by atoms with E-state index in [2.05, 4.69) is 0 Å². The molecule has 0 aliphatic heterocycles. The highest BCUT2D eigenvalue weighted by molar-refractivity contribution is 7.53. The van der Waals surface area contributed by atoms with Crippen LogP contribution in [-0.2, 0) is 4.57 Å². The van der Waals surface area contributed by atoms with E-state index in [0.717, 1.165) is 0 Å². The minimum Gasteiger partial charge on any atom is -0.442 e. The number of rotatable bonds is 7. The molecule has 0 aliphatic rings. The van der Waals surface area contributed by atoms with Crippen LogP contribution < -0.4 is 9.47 Å². The molecule has 0 saturated heterocycles. The zero-order valence-corrected chi connectivity index (χ0v) is 13.1. The van der Waals surface area contributed by atoms with E-state index < -0.39 is 13.1 Å². The molecular weight excluding hydrogens is 303 g/mol. The lowest BCUT2D eigenvalue weighted by atomic mass is 10.3. The van der Waals surface area contributed by atoms with Crippen molar-refractivity contribution in [1.82, 2.24) is 0 Å². The second-order valence-corrected chi connectivity index (χ2v) is 6.61. The third-order valence-electron chi connectivity index (χ3n) is 3.05. The summed E-state index contributed by atoms with van der Waals surface area (Å²) in [6, 6.07) is 17.0. The highest BCUT2D eigenvalue weighted by Crippen LogP contribution is 2.54. The van der Waals surface area contributed by atoms with Crippen LogP contribution in [-0.4, -0.2) is 15.3 Å². The molecule has 0 fully saturated rings. The van der Waals surface area contributed by atoms with Crippen molar-refractivity contribution in [3.8, 4) is 11.5 Å². The lowest BCUT2D eigenvalue weighted by Crippen LogP contribution is -2.42. The van der Waals surface area contributed by atoms with Crippen LogP contribution in [0.2, 0.25) is 0 Å². The van der Waals surface area contributed by atoms with Crippen LogP contribution in [0.4, 0.5) is 0 Å². The predicted octanol–water partition coefficient (Wildman–Crippen LogP) is 3.78. The molecular formula is C16H19O5P. The maximum absolute atomic E-state index is 12.1. The molecule has 6 heteroatoms.